The van der Waals surface area contributed by atoms with Crippen molar-refractivity contribution in [3.8, 4) is 0 Å². The Bertz CT molecular complexity index is 433. The van der Waals surface area contributed by atoms with Crippen molar-refractivity contribution in [3.05, 3.63) is 30.3 Å². The van der Waals surface area contributed by atoms with Crippen LogP contribution in [0.1, 0.15) is 12.8 Å². The molecule has 1 atom stereocenters. The van der Waals surface area contributed by atoms with Gasteiger partial charge in [0.2, 0.25) is 0 Å². The van der Waals surface area contributed by atoms with Crippen LogP contribution < -0.4 is 10.2 Å². The Morgan fingerprint density at radius 2 is 2.00 bits per heavy atom. The van der Waals surface area contributed by atoms with Crippen LogP contribution in [0.15, 0.2) is 30.3 Å². The van der Waals surface area contributed by atoms with Gasteiger partial charge < -0.3 is 10.2 Å². The molecule has 1 aliphatic heterocycles. The summed E-state index contributed by atoms with van der Waals surface area (Å²) < 4.78 is 36.4. The highest BCUT2D eigenvalue weighted by atomic mass is 19.4. The quantitative estimate of drug-likeness (QED) is 0.916. The number of nitrogens with one attached hydrogen (secondary N) is 1. The molecule has 1 aliphatic rings. The van der Waals surface area contributed by atoms with Gasteiger partial charge in [-0.2, -0.15) is 13.2 Å². The van der Waals surface area contributed by atoms with Crippen LogP contribution >= 0.6 is 0 Å². The summed E-state index contributed by atoms with van der Waals surface area (Å²) in [6.07, 6.45) is -3.11. The predicted molar refractivity (Wildman–Crippen MR) is 65.9 cm³/mol. The molecule has 3 nitrogen and oxygen atoms in total. The minimum Gasteiger partial charge on any atom is -0.367 e. The summed E-state index contributed by atoms with van der Waals surface area (Å²) in [4.78, 5) is 12.8. The molecule has 1 fully saturated rings. The Kier molecular flexibility index (Phi) is 3.97. The van der Waals surface area contributed by atoms with Crippen LogP contribution in [0, 0.1) is 0 Å². The minimum absolute atomic E-state index is 0.0211. The second-order valence-corrected chi connectivity index (χ2v) is 4.53. The normalized spacial score (nSPS) is 19.5. The highest BCUT2D eigenvalue weighted by Gasteiger charge is 2.39. The molecule has 0 bridgehead atoms. The molecule has 1 saturated heterocycles. The van der Waals surface area contributed by atoms with Crippen molar-refractivity contribution in [2.24, 2.45) is 0 Å². The third kappa shape index (κ3) is 3.39. The topological polar surface area (TPSA) is 32.3 Å². The number of carbonyl (C=O) groups excluding carboxylic acids is 1. The van der Waals surface area contributed by atoms with E-state index in [1.807, 2.05) is 40.5 Å². The second kappa shape index (κ2) is 5.50. The molecule has 1 aromatic carbocycles. The Morgan fingerprint density at radius 3 is 2.63 bits per heavy atom. The van der Waals surface area contributed by atoms with Crippen molar-refractivity contribution in [1.29, 1.82) is 0 Å². The number of nitrogens with zero attached hydrogens (tertiary/aromatic N) is 1. The van der Waals surface area contributed by atoms with E-state index in [9.17, 15) is 18.0 Å². The first kappa shape index (κ1) is 13.7. The molecule has 1 heterocycles. The summed E-state index contributed by atoms with van der Waals surface area (Å²) in [5, 5.41) is 1.96. The first-order chi connectivity index (χ1) is 8.98. The van der Waals surface area contributed by atoms with Gasteiger partial charge in [-0.15, -0.1) is 0 Å². The van der Waals surface area contributed by atoms with Gasteiger partial charge in [-0.3, -0.25) is 4.79 Å². The van der Waals surface area contributed by atoms with Gasteiger partial charge in [0.25, 0.3) is 0 Å². The number of rotatable bonds is 3. The SMILES string of the molecule is O=C(NCC1CCCN1c1ccccc1)C(F)(F)F. The average Bonchev–Trinajstić information content (AvgIpc) is 2.84. The maximum absolute atomic E-state index is 12.1. The molecular formula is C13H15F3N2O. The van der Waals surface area contributed by atoms with Gasteiger partial charge in [-0.05, 0) is 25.0 Å². The summed E-state index contributed by atoms with van der Waals surface area (Å²) in [5.41, 5.74) is 0.978. The number of halogens is 3. The van der Waals surface area contributed by atoms with E-state index in [-0.39, 0.29) is 12.6 Å². The predicted octanol–water partition coefficient (Wildman–Crippen LogP) is 2.33. The summed E-state index contributed by atoms with van der Waals surface area (Å²) in [6, 6.07) is 9.43. The minimum atomic E-state index is -4.81. The van der Waals surface area contributed by atoms with Gasteiger partial charge in [0.05, 0.1) is 0 Å². The Hall–Kier alpha value is -1.72. The molecule has 2 rings (SSSR count). The molecule has 0 aromatic heterocycles. The van der Waals surface area contributed by atoms with Crippen LogP contribution in [0.2, 0.25) is 0 Å². The first-order valence-electron chi connectivity index (χ1n) is 6.15. The molecule has 0 spiro atoms. The van der Waals surface area contributed by atoms with Crippen LogP contribution in [-0.2, 0) is 4.79 Å². The van der Waals surface area contributed by atoms with Gasteiger partial charge in [-0.25, -0.2) is 0 Å². The molecule has 6 heteroatoms. The fraction of sp³-hybridized carbons (Fsp3) is 0.462. The maximum Gasteiger partial charge on any atom is 0.471 e. The summed E-state index contributed by atoms with van der Waals surface area (Å²) in [7, 11) is 0. The lowest BCUT2D eigenvalue weighted by molar-refractivity contribution is -0.173. The zero-order valence-corrected chi connectivity index (χ0v) is 10.3. The van der Waals surface area contributed by atoms with E-state index >= 15 is 0 Å². The summed E-state index contributed by atoms with van der Waals surface area (Å²) in [6.45, 7) is 0.823. The first-order valence-corrected chi connectivity index (χ1v) is 6.15. The van der Waals surface area contributed by atoms with Crippen molar-refractivity contribution in [1.82, 2.24) is 5.32 Å². The number of hydrogen-bond donors (Lipinski definition) is 1. The highest BCUT2D eigenvalue weighted by molar-refractivity contribution is 5.81. The zero-order chi connectivity index (χ0) is 13.9. The van der Waals surface area contributed by atoms with Crippen molar-refractivity contribution >= 4 is 11.6 Å². The number of anilines is 1. The van der Waals surface area contributed by atoms with Gasteiger partial charge in [0.1, 0.15) is 0 Å². The number of hydrogen-bond acceptors (Lipinski definition) is 2. The van der Waals surface area contributed by atoms with E-state index in [1.165, 1.54) is 0 Å². The van der Waals surface area contributed by atoms with Crippen molar-refractivity contribution in [3.63, 3.8) is 0 Å². The second-order valence-electron chi connectivity index (χ2n) is 4.53. The van der Waals surface area contributed by atoms with Crippen LogP contribution in [0.5, 0.6) is 0 Å². The number of benzene rings is 1. The Labute approximate surface area is 109 Å². The van der Waals surface area contributed by atoms with Gasteiger partial charge in [0.15, 0.2) is 0 Å². The highest BCUT2D eigenvalue weighted by Crippen LogP contribution is 2.25. The van der Waals surface area contributed by atoms with Crippen molar-refractivity contribution in [2.45, 2.75) is 25.1 Å². The lowest BCUT2D eigenvalue weighted by Crippen LogP contribution is -2.44. The maximum atomic E-state index is 12.1. The summed E-state index contributed by atoms with van der Waals surface area (Å²) >= 11 is 0. The molecule has 1 unspecified atom stereocenters. The van der Waals surface area contributed by atoms with Gasteiger partial charge in [-0.1, -0.05) is 18.2 Å². The van der Waals surface area contributed by atoms with E-state index in [0.717, 1.165) is 25.1 Å². The lowest BCUT2D eigenvalue weighted by atomic mass is 10.2. The monoisotopic (exact) mass is 272 g/mol. The van der Waals surface area contributed by atoms with Crippen molar-refractivity contribution in [2.75, 3.05) is 18.0 Å². The molecule has 104 valence electrons. The van der Waals surface area contributed by atoms with E-state index < -0.39 is 12.1 Å². The lowest BCUT2D eigenvalue weighted by Gasteiger charge is -2.27. The Morgan fingerprint density at radius 1 is 1.32 bits per heavy atom. The smallest absolute Gasteiger partial charge is 0.367 e. The van der Waals surface area contributed by atoms with E-state index in [2.05, 4.69) is 0 Å². The molecule has 1 aromatic rings. The third-order valence-corrected chi connectivity index (χ3v) is 3.22. The van der Waals surface area contributed by atoms with E-state index in [4.69, 9.17) is 0 Å². The largest absolute Gasteiger partial charge is 0.471 e. The van der Waals surface area contributed by atoms with Crippen LogP contribution in [0.3, 0.4) is 0 Å². The fourth-order valence-corrected chi connectivity index (χ4v) is 2.32. The molecular weight excluding hydrogens is 257 g/mol. The molecule has 0 saturated carbocycles. The third-order valence-electron chi connectivity index (χ3n) is 3.22. The van der Waals surface area contributed by atoms with E-state index in [0.29, 0.717) is 0 Å². The average molecular weight is 272 g/mol. The number of alkyl halides is 3. The molecule has 1 N–H and O–H groups in total. The Balaban J connectivity index is 1.95. The molecule has 1 amide bonds. The standard InChI is InChI=1S/C13H15F3N2O/c14-13(15,16)12(19)17-9-11-7-4-8-18(11)10-5-2-1-3-6-10/h1-3,5-6,11H,4,7-9H2,(H,17,19). The molecule has 0 radical (unpaired) electrons. The number of amides is 1. The van der Waals surface area contributed by atoms with E-state index in [1.54, 1.807) is 0 Å². The summed E-state index contributed by atoms with van der Waals surface area (Å²) in [5.74, 6) is -1.87. The number of para-hydroxylation sites is 1. The fourth-order valence-electron chi connectivity index (χ4n) is 2.32. The van der Waals surface area contributed by atoms with Crippen LogP contribution in [-0.4, -0.2) is 31.2 Å². The zero-order valence-electron chi connectivity index (χ0n) is 10.3. The van der Waals surface area contributed by atoms with Crippen LogP contribution in [0.25, 0.3) is 0 Å². The van der Waals surface area contributed by atoms with Crippen LogP contribution in [0.4, 0.5) is 18.9 Å². The molecule has 19 heavy (non-hydrogen) atoms. The van der Waals surface area contributed by atoms with Gasteiger partial charge >= 0.3 is 12.1 Å². The number of carbonyl (C=O) groups is 1. The van der Waals surface area contributed by atoms with Gasteiger partial charge in [0, 0.05) is 24.8 Å². The molecule has 0 aliphatic carbocycles. The van der Waals surface area contributed by atoms with Crippen molar-refractivity contribution < 1.29 is 18.0 Å².